The first-order valence-corrected chi connectivity index (χ1v) is 7.00. The van der Waals surface area contributed by atoms with E-state index in [4.69, 9.17) is 4.74 Å². The van der Waals surface area contributed by atoms with E-state index in [-0.39, 0.29) is 0 Å². The van der Waals surface area contributed by atoms with Gasteiger partial charge in [-0.25, -0.2) is 4.98 Å². The zero-order valence-corrected chi connectivity index (χ0v) is 12.3. The largest absolute Gasteiger partial charge is 0.481 e. The molecule has 1 aromatic heterocycles. The molecular formula is C14H24N4O. The molecule has 1 N–H and O–H groups in total. The third-order valence-electron chi connectivity index (χ3n) is 3.44. The maximum absolute atomic E-state index is 5.24. The van der Waals surface area contributed by atoms with Gasteiger partial charge >= 0.3 is 0 Å². The highest BCUT2D eigenvalue weighted by molar-refractivity contribution is 5.44. The highest BCUT2D eigenvalue weighted by atomic mass is 16.5. The number of aryl methyl sites for hydroxylation is 1. The van der Waals surface area contributed by atoms with Gasteiger partial charge in [-0.05, 0) is 19.8 Å². The first-order valence-electron chi connectivity index (χ1n) is 7.00. The summed E-state index contributed by atoms with van der Waals surface area (Å²) in [4.78, 5) is 11.2. The van der Waals surface area contributed by atoms with Crippen molar-refractivity contribution in [2.45, 2.75) is 45.7 Å². The molecule has 0 aromatic carbocycles. The van der Waals surface area contributed by atoms with Crippen LogP contribution in [0.4, 0.5) is 5.82 Å². The molecule has 2 heterocycles. The molecule has 106 valence electrons. The van der Waals surface area contributed by atoms with Crippen molar-refractivity contribution >= 4 is 5.82 Å². The predicted octanol–water partition coefficient (Wildman–Crippen LogP) is 1.76. The van der Waals surface area contributed by atoms with E-state index in [0.717, 1.165) is 24.7 Å². The van der Waals surface area contributed by atoms with Crippen molar-refractivity contribution in [2.75, 3.05) is 25.1 Å². The number of nitrogens with one attached hydrogen (secondary N) is 1. The first-order chi connectivity index (χ1) is 9.10. The Balaban J connectivity index is 2.12. The van der Waals surface area contributed by atoms with Crippen molar-refractivity contribution in [2.24, 2.45) is 0 Å². The highest BCUT2D eigenvalue weighted by Crippen LogP contribution is 2.25. The number of hydrogen-bond acceptors (Lipinski definition) is 5. The molecule has 0 spiro atoms. The molecule has 0 aliphatic carbocycles. The van der Waals surface area contributed by atoms with Crippen molar-refractivity contribution < 1.29 is 4.74 Å². The molecule has 19 heavy (non-hydrogen) atoms. The summed E-state index contributed by atoms with van der Waals surface area (Å²) >= 11 is 0. The predicted molar refractivity (Wildman–Crippen MR) is 76.8 cm³/mol. The minimum atomic E-state index is 0.515. The van der Waals surface area contributed by atoms with Crippen LogP contribution in [0.5, 0.6) is 5.88 Å². The van der Waals surface area contributed by atoms with Crippen LogP contribution in [0.1, 0.15) is 32.5 Å². The second-order valence-corrected chi connectivity index (χ2v) is 5.37. The lowest BCUT2D eigenvalue weighted by atomic mass is 10.2. The first kappa shape index (κ1) is 14.1. The third-order valence-corrected chi connectivity index (χ3v) is 3.44. The fourth-order valence-corrected chi connectivity index (χ4v) is 2.50. The number of anilines is 1. The summed E-state index contributed by atoms with van der Waals surface area (Å²) in [5, 5.41) is 3.51. The molecule has 0 bridgehead atoms. The maximum atomic E-state index is 5.24. The van der Waals surface area contributed by atoms with E-state index in [1.54, 1.807) is 7.11 Å². The molecule has 1 atom stereocenters. The average Bonchev–Trinajstić information content (AvgIpc) is 2.83. The summed E-state index contributed by atoms with van der Waals surface area (Å²) in [5.74, 6) is 2.39. The SMILES string of the molecule is COc1cc(N2CCCC2CNC(C)C)nc(C)n1. The number of ether oxygens (including phenoxy) is 1. The van der Waals surface area contributed by atoms with Crippen molar-refractivity contribution in [3.63, 3.8) is 0 Å². The second-order valence-electron chi connectivity index (χ2n) is 5.37. The summed E-state index contributed by atoms with van der Waals surface area (Å²) in [6.07, 6.45) is 2.43. The minimum Gasteiger partial charge on any atom is -0.481 e. The van der Waals surface area contributed by atoms with Crippen molar-refractivity contribution in [3.05, 3.63) is 11.9 Å². The number of aromatic nitrogens is 2. The summed E-state index contributed by atoms with van der Waals surface area (Å²) in [5.41, 5.74) is 0. The molecule has 1 aliphatic rings. The van der Waals surface area contributed by atoms with E-state index in [9.17, 15) is 0 Å². The normalized spacial score (nSPS) is 19.2. The zero-order valence-electron chi connectivity index (χ0n) is 12.3. The molecule has 0 radical (unpaired) electrons. The lowest BCUT2D eigenvalue weighted by Gasteiger charge is -2.27. The lowest BCUT2D eigenvalue weighted by Crippen LogP contribution is -2.40. The summed E-state index contributed by atoms with van der Waals surface area (Å²) in [6.45, 7) is 8.32. The highest BCUT2D eigenvalue weighted by Gasteiger charge is 2.26. The monoisotopic (exact) mass is 264 g/mol. The molecule has 5 heteroatoms. The van der Waals surface area contributed by atoms with Crippen LogP contribution in [0, 0.1) is 6.92 Å². The lowest BCUT2D eigenvalue weighted by molar-refractivity contribution is 0.395. The standard InChI is InChI=1S/C14H24N4O/c1-10(2)15-9-12-6-5-7-18(12)13-8-14(19-4)17-11(3)16-13/h8,10,12,15H,5-7,9H2,1-4H3. The fourth-order valence-electron chi connectivity index (χ4n) is 2.50. The molecule has 1 aliphatic heterocycles. The quantitative estimate of drug-likeness (QED) is 0.878. The molecule has 0 saturated carbocycles. The Morgan fingerprint density at radius 3 is 2.95 bits per heavy atom. The minimum absolute atomic E-state index is 0.515. The van der Waals surface area contributed by atoms with Gasteiger partial charge in [0.25, 0.3) is 0 Å². The van der Waals surface area contributed by atoms with Crippen LogP contribution >= 0.6 is 0 Å². The van der Waals surface area contributed by atoms with Crippen molar-refractivity contribution in [3.8, 4) is 5.88 Å². The molecule has 2 rings (SSSR count). The van der Waals surface area contributed by atoms with E-state index < -0.39 is 0 Å². The summed E-state index contributed by atoms with van der Waals surface area (Å²) < 4.78 is 5.24. The topological polar surface area (TPSA) is 50.3 Å². The van der Waals surface area contributed by atoms with Crippen molar-refractivity contribution in [1.29, 1.82) is 0 Å². The third kappa shape index (κ3) is 3.56. The zero-order chi connectivity index (χ0) is 13.8. The Morgan fingerprint density at radius 2 is 2.26 bits per heavy atom. The van der Waals surface area contributed by atoms with Crippen LogP contribution in [0.3, 0.4) is 0 Å². The molecular weight excluding hydrogens is 240 g/mol. The van der Waals surface area contributed by atoms with Crippen molar-refractivity contribution in [1.82, 2.24) is 15.3 Å². The Kier molecular flexibility index (Phi) is 4.58. The van der Waals surface area contributed by atoms with Gasteiger partial charge in [-0.2, -0.15) is 4.98 Å². The molecule has 5 nitrogen and oxygen atoms in total. The van der Waals surface area contributed by atoms with Gasteiger partial charge in [-0.3, -0.25) is 0 Å². The van der Waals surface area contributed by atoms with Crippen LogP contribution in [0.2, 0.25) is 0 Å². The van der Waals surface area contributed by atoms with Crippen LogP contribution < -0.4 is 15.0 Å². The van der Waals surface area contributed by atoms with Gasteiger partial charge in [0.1, 0.15) is 11.6 Å². The average molecular weight is 264 g/mol. The van der Waals surface area contributed by atoms with Gasteiger partial charge in [-0.1, -0.05) is 13.8 Å². The summed E-state index contributed by atoms with van der Waals surface area (Å²) in [7, 11) is 1.65. The molecule has 1 unspecified atom stereocenters. The van der Waals surface area contributed by atoms with Crippen LogP contribution in [0.25, 0.3) is 0 Å². The number of hydrogen-bond donors (Lipinski definition) is 1. The van der Waals surface area contributed by atoms with Gasteiger partial charge in [0.15, 0.2) is 0 Å². The Bertz CT molecular complexity index is 422. The van der Waals surface area contributed by atoms with E-state index in [1.165, 1.54) is 12.8 Å². The number of methoxy groups -OCH3 is 1. The second kappa shape index (κ2) is 6.19. The Labute approximate surface area is 115 Å². The fraction of sp³-hybridized carbons (Fsp3) is 0.714. The van der Waals surface area contributed by atoms with Gasteiger partial charge in [0.05, 0.1) is 7.11 Å². The smallest absolute Gasteiger partial charge is 0.218 e. The van der Waals surface area contributed by atoms with Crippen LogP contribution in [-0.4, -0.2) is 42.3 Å². The molecule has 1 saturated heterocycles. The van der Waals surface area contributed by atoms with Gasteiger partial charge in [-0.15, -0.1) is 0 Å². The summed E-state index contributed by atoms with van der Waals surface area (Å²) in [6, 6.07) is 2.96. The van der Waals surface area contributed by atoms with Crippen LogP contribution in [-0.2, 0) is 0 Å². The van der Waals surface area contributed by atoms with Crippen LogP contribution in [0.15, 0.2) is 6.07 Å². The Hall–Kier alpha value is -1.36. The molecule has 1 aromatic rings. The molecule has 0 amide bonds. The number of nitrogens with zero attached hydrogens (tertiary/aromatic N) is 3. The molecule has 1 fully saturated rings. The van der Waals surface area contributed by atoms with Gasteiger partial charge in [0.2, 0.25) is 5.88 Å². The van der Waals surface area contributed by atoms with Gasteiger partial charge < -0.3 is 15.0 Å². The number of rotatable bonds is 5. The van der Waals surface area contributed by atoms with Gasteiger partial charge in [0, 0.05) is 31.2 Å². The van der Waals surface area contributed by atoms with E-state index in [0.29, 0.717) is 18.0 Å². The van der Waals surface area contributed by atoms with E-state index in [1.807, 2.05) is 13.0 Å². The Morgan fingerprint density at radius 1 is 1.47 bits per heavy atom. The van der Waals surface area contributed by atoms with E-state index in [2.05, 4.69) is 34.0 Å². The maximum Gasteiger partial charge on any atom is 0.218 e. The van der Waals surface area contributed by atoms with E-state index >= 15 is 0 Å².